The minimum atomic E-state index is -0.728. The average Bonchev–Trinajstić information content (AvgIpc) is 2.63. The average molecular weight is 355 g/mol. The van der Waals surface area contributed by atoms with Gasteiger partial charge in [0.1, 0.15) is 17.6 Å². The van der Waals surface area contributed by atoms with Gasteiger partial charge in [-0.05, 0) is 23.8 Å². The van der Waals surface area contributed by atoms with Crippen molar-refractivity contribution >= 4 is 23.3 Å². The summed E-state index contributed by atoms with van der Waals surface area (Å²) in [6.45, 7) is 0. The number of nitrogens with two attached hydrogens (primary N) is 1. The van der Waals surface area contributed by atoms with E-state index in [0.717, 1.165) is 5.56 Å². The first-order valence-corrected chi connectivity index (χ1v) is 7.84. The van der Waals surface area contributed by atoms with Crippen LogP contribution in [0.15, 0.2) is 60.9 Å². The highest BCUT2D eigenvalue weighted by Gasteiger charge is 2.18. The quantitative estimate of drug-likeness (QED) is 0.653. The number of hydrogen-bond acceptors (Lipinski definition) is 5. The molecule has 2 aromatic carbocycles. The zero-order valence-corrected chi connectivity index (χ0v) is 13.8. The number of aromatic nitrogens is 2. The molecule has 0 saturated carbocycles. The van der Waals surface area contributed by atoms with Gasteiger partial charge in [0, 0.05) is 5.56 Å². The fourth-order valence-corrected chi connectivity index (χ4v) is 2.53. The topological polar surface area (TPSA) is 101 Å². The van der Waals surface area contributed by atoms with Crippen LogP contribution in [0.4, 0.5) is 5.82 Å². The molecule has 0 bridgehead atoms. The minimum Gasteiger partial charge on any atom is -0.506 e. The lowest BCUT2D eigenvalue weighted by molar-refractivity contribution is -0.118. The maximum atomic E-state index is 11.8. The molecule has 3 aromatic rings. The number of primary amides is 1. The van der Waals surface area contributed by atoms with Crippen molar-refractivity contribution in [3.8, 4) is 17.0 Å². The zero-order valence-electron chi connectivity index (χ0n) is 13.1. The lowest BCUT2D eigenvalue weighted by atomic mass is 10.1. The van der Waals surface area contributed by atoms with E-state index in [4.69, 9.17) is 17.3 Å². The first-order valence-electron chi connectivity index (χ1n) is 7.46. The predicted octanol–water partition coefficient (Wildman–Crippen LogP) is 3.14. The summed E-state index contributed by atoms with van der Waals surface area (Å²) in [5.74, 6) is -0.133. The Balaban J connectivity index is 1.90. The maximum Gasteiger partial charge on any atom is 0.244 e. The molecule has 126 valence electrons. The second-order valence-corrected chi connectivity index (χ2v) is 5.75. The summed E-state index contributed by atoms with van der Waals surface area (Å²) >= 11 is 5.93. The number of halogens is 1. The molecule has 6 nitrogen and oxygen atoms in total. The van der Waals surface area contributed by atoms with Crippen molar-refractivity contribution < 1.29 is 9.90 Å². The Morgan fingerprint density at radius 3 is 2.60 bits per heavy atom. The first kappa shape index (κ1) is 16.7. The van der Waals surface area contributed by atoms with E-state index in [1.54, 1.807) is 30.5 Å². The van der Waals surface area contributed by atoms with Crippen molar-refractivity contribution in [3.05, 3.63) is 71.5 Å². The molecule has 0 fully saturated rings. The van der Waals surface area contributed by atoms with Crippen LogP contribution in [-0.2, 0) is 4.79 Å². The Labute approximate surface area is 149 Å². The predicted molar refractivity (Wildman–Crippen MR) is 96.1 cm³/mol. The highest BCUT2D eigenvalue weighted by atomic mass is 35.5. The standard InChI is InChI=1S/C18H15ClN4O2/c19-13-8-12(6-7-15(13)24)14-9-21-10-16(22-14)23-17(18(20)25)11-4-2-1-3-5-11/h1-10,17,24H,(H2,20,25)(H,22,23). The summed E-state index contributed by atoms with van der Waals surface area (Å²) in [4.78, 5) is 20.4. The van der Waals surface area contributed by atoms with Crippen LogP contribution < -0.4 is 11.1 Å². The molecule has 3 rings (SSSR count). The van der Waals surface area contributed by atoms with Gasteiger partial charge in [-0.2, -0.15) is 0 Å². The lowest BCUT2D eigenvalue weighted by Crippen LogP contribution is -2.28. The molecule has 1 atom stereocenters. The van der Waals surface area contributed by atoms with Crippen LogP contribution in [0.1, 0.15) is 11.6 Å². The molecule has 1 aromatic heterocycles. The number of phenols is 1. The number of rotatable bonds is 5. The van der Waals surface area contributed by atoms with Gasteiger partial charge >= 0.3 is 0 Å². The van der Waals surface area contributed by atoms with Crippen LogP contribution in [0.3, 0.4) is 0 Å². The molecule has 4 N–H and O–H groups in total. The van der Waals surface area contributed by atoms with Crippen molar-refractivity contribution in [2.45, 2.75) is 6.04 Å². The second kappa shape index (κ2) is 7.19. The summed E-state index contributed by atoms with van der Waals surface area (Å²) in [5, 5.41) is 12.7. The van der Waals surface area contributed by atoms with Gasteiger partial charge < -0.3 is 16.2 Å². The Morgan fingerprint density at radius 1 is 1.16 bits per heavy atom. The smallest absolute Gasteiger partial charge is 0.244 e. The highest BCUT2D eigenvalue weighted by Crippen LogP contribution is 2.29. The van der Waals surface area contributed by atoms with E-state index in [2.05, 4.69) is 15.3 Å². The number of benzene rings is 2. The highest BCUT2D eigenvalue weighted by molar-refractivity contribution is 6.32. The van der Waals surface area contributed by atoms with Gasteiger partial charge in [0.25, 0.3) is 0 Å². The van der Waals surface area contributed by atoms with Gasteiger partial charge in [0.2, 0.25) is 5.91 Å². The van der Waals surface area contributed by atoms with Gasteiger partial charge in [0.15, 0.2) is 0 Å². The van der Waals surface area contributed by atoms with Crippen LogP contribution in [-0.4, -0.2) is 21.0 Å². The van der Waals surface area contributed by atoms with Crippen molar-refractivity contribution in [3.63, 3.8) is 0 Å². The molecule has 0 aliphatic rings. The van der Waals surface area contributed by atoms with E-state index < -0.39 is 11.9 Å². The van der Waals surface area contributed by atoms with E-state index in [1.165, 1.54) is 12.3 Å². The van der Waals surface area contributed by atoms with E-state index in [1.807, 2.05) is 18.2 Å². The molecule has 1 heterocycles. The van der Waals surface area contributed by atoms with Crippen LogP contribution in [0, 0.1) is 0 Å². The van der Waals surface area contributed by atoms with Gasteiger partial charge in [-0.15, -0.1) is 0 Å². The molecule has 7 heteroatoms. The molecule has 1 unspecified atom stereocenters. The summed E-state index contributed by atoms with van der Waals surface area (Å²) < 4.78 is 0. The Bertz CT molecular complexity index is 903. The summed E-state index contributed by atoms with van der Waals surface area (Å²) in [6.07, 6.45) is 3.07. The number of phenolic OH excluding ortho intramolecular Hbond substituents is 1. The molecular weight excluding hydrogens is 340 g/mol. The van der Waals surface area contributed by atoms with Crippen molar-refractivity contribution in [2.75, 3.05) is 5.32 Å². The van der Waals surface area contributed by atoms with Crippen molar-refractivity contribution in [2.24, 2.45) is 5.73 Å². The molecule has 0 aliphatic heterocycles. The largest absolute Gasteiger partial charge is 0.506 e. The summed E-state index contributed by atoms with van der Waals surface area (Å²) in [7, 11) is 0. The van der Waals surface area contributed by atoms with Gasteiger partial charge in [-0.1, -0.05) is 41.9 Å². The number of carbonyl (C=O) groups excluding carboxylic acids is 1. The molecule has 0 saturated heterocycles. The SMILES string of the molecule is NC(=O)C(Nc1cncc(-c2ccc(O)c(Cl)c2)n1)c1ccccc1. The number of carbonyl (C=O) groups is 1. The maximum absolute atomic E-state index is 11.8. The third-order valence-corrected chi connectivity index (χ3v) is 3.89. The normalized spacial score (nSPS) is 11.7. The van der Waals surface area contributed by atoms with Gasteiger partial charge in [-0.3, -0.25) is 9.78 Å². The molecule has 0 spiro atoms. The number of hydrogen-bond donors (Lipinski definition) is 3. The van der Waals surface area contributed by atoms with Gasteiger partial charge in [0.05, 0.1) is 23.1 Å². The van der Waals surface area contributed by atoms with Crippen molar-refractivity contribution in [1.29, 1.82) is 0 Å². The number of amides is 1. The Hall–Kier alpha value is -3.12. The van der Waals surface area contributed by atoms with Crippen LogP contribution in [0.2, 0.25) is 5.02 Å². The Morgan fingerprint density at radius 2 is 1.92 bits per heavy atom. The summed E-state index contributed by atoms with van der Waals surface area (Å²) in [5.41, 5.74) is 7.47. The zero-order chi connectivity index (χ0) is 17.8. The molecular formula is C18H15ClN4O2. The third-order valence-electron chi connectivity index (χ3n) is 3.59. The molecule has 0 radical (unpaired) electrons. The number of aromatic hydroxyl groups is 1. The minimum absolute atomic E-state index is 0.00877. The van der Waals surface area contributed by atoms with E-state index >= 15 is 0 Å². The molecule has 25 heavy (non-hydrogen) atoms. The van der Waals surface area contributed by atoms with Crippen LogP contribution in [0.5, 0.6) is 5.75 Å². The third kappa shape index (κ3) is 3.87. The van der Waals surface area contributed by atoms with E-state index in [-0.39, 0.29) is 10.8 Å². The summed E-state index contributed by atoms with van der Waals surface area (Å²) in [6, 6.07) is 13.1. The van der Waals surface area contributed by atoms with Crippen LogP contribution >= 0.6 is 11.6 Å². The van der Waals surface area contributed by atoms with Gasteiger partial charge in [-0.25, -0.2) is 4.98 Å². The number of nitrogens with zero attached hydrogens (tertiary/aromatic N) is 2. The molecule has 1 amide bonds. The lowest BCUT2D eigenvalue weighted by Gasteiger charge is -2.16. The second-order valence-electron chi connectivity index (χ2n) is 5.35. The number of nitrogens with one attached hydrogen (secondary N) is 1. The fraction of sp³-hybridized carbons (Fsp3) is 0.0556. The monoisotopic (exact) mass is 354 g/mol. The first-order chi connectivity index (χ1) is 12.0. The van der Waals surface area contributed by atoms with Crippen LogP contribution in [0.25, 0.3) is 11.3 Å². The van der Waals surface area contributed by atoms with Crippen molar-refractivity contribution in [1.82, 2.24) is 9.97 Å². The fourth-order valence-electron chi connectivity index (χ4n) is 2.35. The van der Waals surface area contributed by atoms with E-state index in [0.29, 0.717) is 17.1 Å². The molecule has 0 aliphatic carbocycles. The Kier molecular flexibility index (Phi) is 4.81. The van der Waals surface area contributed by atoms with E-state index in [9.17, 15) is 9.90 Å². The number of anilines is 1.